The lowest BCUT2D eigenvalue weighted by Crippen LogP contribution is -2.49. The van der Waals surface area contributed by atoms with Gasteiger partial charge in [0.15, 0.2) is 11.5 Å². The number of piperidine rings is 1. The van der Waals surface area contributed by atoms with Crippen molar-refractivity contribution in [3.63, 3.8) is 0 Å². The van der Waals surface area contributed by atoms with Crippen molar-refractivity contribution in [2.24, 2.45) is 5.92 Å². The zero-order chi connectivity index (χ0) is 21.6. The van der Waals surface area contributed by atoms with Crippen LogP contribution in [0.5, 0.6) is 11.5 Å². The number of hydrogen-bond acceptors (Lipinski definition) is 5. The molecule has 2 rings (SSSR count). The molecule has 1 aromatic carbocycles. The van der Waals surface area contributed by atoms with Gasteiger partial charge in [-0.05, 0) is 51.3 Å². The quantitative estimate of drug-likeness (QED) is 0.653. The minimum atomic E-state index is -3.51. The van der Waals surface area contributed by atoms with Gasteiger partial charge >= 0.3 is 0 Å². The summed E-state index contributed by atoms with van der Waals surface area (Å²) in [6.45, 7) is 7.42. The Morgan fingerprint density at radius 2 is 1.90 bits per heavy atom. The Hall–Kier alpha value is -1.84. The molecule has 0 bridgehead atoms. The molecule has 1 amide bonds. The molecule has 1 aromatic rings. The highest BCUT2D eigenvalue weighted by molar-refractivity contribution is 7.86. The molecule has 1 fully saturated rings. The van der Waals surface area contributed by atoms with Crippen molar-refractivity contribution in [2.45, 2.75) is 39.7 Å². The third kappa shape index (κ3) is 5.83. The van der Waals surface area contributed by atoms with E-state index in [0.717, 1.165) is 5.56 Å². The van der Waals surface area contributed by atoms with Gasteiger partial charge in [-0.15, -0.1) is 0 Å². The molecule has 0 saturated carbocycles. The van der Waals surface area contributed by atoms with E-state index in [-0.39, 0.29) is 24.4 Å². The van der Waals surface area contributed by atoms with Gasteiger partial charge in [0.05, 0.1) is 25.2 Å². The van der Waals surface area contributed by atoms with E-state index in [9.17, 15) is 13.2 Å². The fourth-order valence-corrected chi connectivity index (χ4v) is 4.54. The maximum Gasteiger partial charge on any atom is 0.281 e. The third-order valence-electron chi connectivity index (χ3n) is 4.97. The first-order valence-corrected chi connectivity index (χ1v) is 11.5. The Morgan fingerprint density at radius 1 is 1.24 bits per heavy atom. The van der Waals surface area contributed by atoms with Crippen molar-refractivity contribution < 1.29 is 22.7 Å². The van der Waals surface area contributed by atoms with Crippen molar-refractivity contribution >= 4 is 16.1 Å². The van der Waals surface area contributed by atoms with Crippen molar-refractivity contribution in [1.82, 2.24) is 13.9 Å². The van der Waals surface area contributed by atoms with E-state index < -0.39 is 10.2 Å². The number of benzene rings is 1. The molecule has 8 nitrogen and oxygen atoms in total. The molecule has 0 aromatic heterocycles. The van der Waals surface area contributed by atoms with Gasteiger partial charge in [0.25, 0.3) is 10.2 Å². The smallest absolute Gasteiger partial charge is 0.281 e. The van der Waals surface area contributed by atoms with E-state index in [1.807, 2.05) is 39.0 Å². The highest BCUT2D eigenvalue weighted by atomic mass is 32.2. The number of nitrogens with one attached hydrogen (secondary N) is 1. The first kappa shape index (κ1) is 23.4. The molecule has 0 spiro atoms. The van der Waals surface area contributed by atoms with Gasteiger partial charge in [-0.1, -0.05) is 6.07 Å². The minimum Gasteiger partial charge on any atom is -0.490 e. The lowest BCUT2D eigenvalue weighted by Gasteiger charge is -2.33. The minimum absolute atomic E-state index is 0.136. The summed E-state index contributed by atoms with van der Waals surface area (Å²) in [6.07, 6.45) is 1.34. The average Bonchev–Trinajstić information content (AvgIpc) is 2.69. The number of ether oxygens (including phenoxy) is 2. The predicted octanol–water partition coefficient (Wildman–Crippen LogP) is 2.18. The molecule has 0 aliphatic carbocycles. The van der Waals surface area contributed by atoms with E-state index >= 15 is 0 Å². The summed E-state index contributed by atoms with van der Waals surface area (Å²) in [4.78, 5) is 12.8. The number of nitrogens with zero attached hydrogens (tertiary/aromatic N) is 2. The molecule has 9 heteroatoms. The molecule has 1 heterocycles. The van der Waals surface area contributed by atoms with Gasteiger partial charge in [-0.2, -0.15) is 17.0 Å². The number of rotatable bonds is 9. The van der Waals surface area contributed by atoms with Crippen LogP contribution in [0.4, 0.5) is 0 Å². The summed E-state index contributed by atoms with van der Waals surface area (Å²) in [5.74, 6) is 0.820. The predicted molar refractivity (Wildman–Crippen MR) is 112 cm³/mol. The van der Waals surface area contributed by atoms with Crippen LogP contribution in [0.3, 0.4) is 0 Å². The molecular formula is C20H33N3O5S. The monoisotopic (exact) mass is 427 g/mol. The second-order valence-electron chi connectivity index (χ2n) is 7.29. The van der Waals surface area contributed by atoms with Crippen molar-refractivity contribution in [3.05, 3.63) is 23.8 Å². The molecular weight excluding hydrogens is 394 g/mol. The van der Waals surface area contributed by atoms with E-state index in [2.05, 4.69) is 5.32 Å². The van der Waals surface area contributed by atoms with Crippen molar-refractivity contribution in [1.29, 1.82) is 0 Å². The van der Waals surface area contributed by atoms with Gasteiger partial charge in [-0.3, -0.25) is 4.79 Å². The van der Waals surface area contributed by atoms with Crippen LogP contribution in [-0.2, 0) is 15.0 Å². The zero-order valence-corrected chi connectivity index (χ0v) is 18.8. The lowest BCUT2D eigenvalue weighted by molar-refractivity contribution is -0.126. The highest BCUT2D eigenvalue weighted by Gasteiger charge is 2.33. The maximum absolute atomic E-state index is 12.8. The second-order valence-corrected chi connectivity index (χ2v) is 9.43. The van der Waals surface area contributed by atoms with Crippen molar-refractivity contribution in [2.75, 3.05) is 40.4 Å². The van der Waals surface area contributed by atoms with Crippen LogP contribution in [0.15, 0.2) is 18.2 Å². The third-order valence-corrected chi connectivity index (χ3v) is 6.88. The molecule has 1 aliphatic heterocycles. The fourth-order valence-electron chi connectivity index (χ4n) is 3.35. The Labute approximate surface area is 174 Å². The first-order valence-electron chi connectivity index (χ1n) is 10.1. The number of amides is 1. The molecule has 1 N–H and O–H groups in total. The highest BCUT2D eigenvalue weighted by Crippen LogP contribution is 2.31. The van der Waals surface area contributed by atoms with Crippen LogP contribution >= 0.6 is 0 Å². The van der Waals surface area contributed by atoms with Crippen molar-refractivity contribution in [3.8, 4) is 11.5 Å². The van der Waals surface area contributed by atoms with E-state index in [1.54, 1.807) is 0 Å². The molecule has 0 radical (unpaired) electrons. The lowest BCUT2D eigenvalue weighted by atomic mass is 9.98. The molecule has 0 unspecified atom stereocenters. The standard InChI is InChI=1S/C20H33N3O5S/c1-6-27-18-11-10-16(13-19(18)28-7-2)15(3)21-20(24)17-9-8-12-23(14-17)29(25,26)22(4)5/h10-11,13,15,17H,6-9,12,14H2,1-5H3,(H,21,24)/t15-,17-/m0/s1. The summed E-state index contributed by atoms with van der Waals surface area (Å²) in [7, 11) is -0.507. The molecule has 164 valence electrons. The molecule has 1 saturated heterocycles. The summed E-state index contributed by atoms with van der Waals surface area (Å²) in [5.41, 5.74) is 0.902. The van der Waals surface area contributed by atoms with E-state index in [1.165, 1.54) is 22.7 Å². The van der Waals surface area contributed by atoms with Gasteiger partial charge in [0.2, 0.25) is 5.91 Å². The Bertz CT molecular complexity index is 797. The Morgan fingerprint density at radius 3 is 2.52 bits per heavy atom. The van der Waals surface area contributed by atoms with Gasteiger partial charge in [0.1, 0.15) is 0 Å². The fraction of sp³-hybridized carbons (Fsp3) is 0.650. The zero-order valence-electron chi connectivity index (χ0n) is 18.0. The maximum atomic E-state index is 12.8. The summed E-state index contributed by atoms with van der Waals surface area (Å²) >= 11 is 0. The normalized spacial score (nSPS) is 19.0. The molecule has 2 atom stereocenters. The topological polar surface area (TPSA) is 88.2 Å². The van der Waals surface area contributed by atoms with E-state index in [4.69, 9.17) is 9.47 Å². The number of carbonyl (C=O) groups excluding carboxylic acids is 1. The largest absolute Gasteiger partial charge is 0.490 e. The number of carbonyl (C=O) groups is 1. The SMILES string of the molecule is CCOc1ccc([C@H](C)NC(=O)[C@H]2CCCN(S(=O)(=O)N(C)C)C2)cc1OCC. The van der Waals surface area contributed by atoms with Gasteiger partial charge < -0.3 is 14.8 Å². The van der Waals surface area contributed by atoms with Crippen LogP contribution in [0.2, 0.25) is 0 Å². The van der Waals surface area contributed by atoms with Gasteiger partial charge in [0, 0.05) is 27.2 Å². The summed E-state index contributed by atoms with van der Waals surface area (Å²) < 4.78 is 38.6. The van der Waals surface area contributed by atoms with Crippen LogP contribution in [0.1, 0.15) is 45.2 Å². The average molecular weight is 428 g/mol. The number of hydrogen-bond donors (Lipinski definition) is 1. The molecule has 29 heavy (non-hydrogen) atoms. The van der Waals surface area contributed by atoms with Crippen LogP contribution in [0.25, 0.3) is 0 Å². The summed E-state index contributed by atoms with van der Waals surface area (Å²) in [6, 6.07) is 5.39. The second kappa shape index (κ2) is 10.3. The van der Waals surface area contributed by atoms with Crippen LogP contribution in [-0.4, -0.2) is 63.3 Å². The van der Waals surface area contributed by atoms with E-state index in [0.29, 0.717) is 44.1 Å². The van der Waals surface area contributed by atoms with Crippen LogP contribution in [0, 0.1) is 5.92 Å². The van der Waals surface area contributed by atoms with Gasteiger partial charge in [-0.25, -0.2) is 0 Å². The summed E-state index contributed by atoms with van der Waals surface area (Å²) in [5, 5.41) is 3.02. The Kier molecular flexibility index (Phi) is 8.30. The first-order chi connectivity index (χ1) is 13.7. The molecule has 1 aliphatic rings. The van der Waals surface area contributed by atoms with Crippen LogP contribution < -0.4 is 14.8 Å². The Balaban J connectivity index is 2.07.